The van der Waals surface area contributed by atoms with Crippen LogP contribution in [0, 0.1) is 6.92 Å². The molecule has 0 radical (unpaired) electrons. The fourth-order valence-corrected chi connectivity index (χ4v) is 1.48. The molecule has 0 aliphatic carbocycles. The first-order chi connectivity index (χ1) is 5.59. The largest absolute Gasteiger partial charge is 0.348 e. The van der Waals surface area contributed by atoms with Gasteiger partial charge in [0.2, 0.25) is 0 Å². The fraction of sp³-hybridized carbons (Fsp3) is 0.500. The van der Waals surface area contributed by atoms with Gasteiger partial charge in [0.25, 0.3) is 5.91 Å². The molecule has 0 saturated heterocycles. The Morgan fingerprint density at radius 3 is 2.75 bits per heavy atom. The normalized spacial score (nSPS) is 10.3. The highest BCUT2D eigenvalue weighted by atomic mass is 32.1. The van der Waals surface area contributed by atoms with Gasteiger partial charge in [0.15, 0.2) is 5.01 Å². The molecule has 0 aliphatic heterocycles. The Bertz CT molecular complexity index is 280. The predicted molar refractivity (Wildman–Crippen MR) is 49.5 cm³/mol. The number of carbonyl (C=O) groups excluding carboxylic acids is 1. The minimum atomic E-state index is -0.0805. The summed E-state index contributed by atoms with van der Waals surface area (Å²) in [6.45, 7) is 5.74. The van der Waals surface area contributed by atoms with E-state index in [-0.39, 0.29) is 11.9 Å². The number of aromatic nitrogens is 1. The van der Waals surface area contributed by atoms with Crippen LogP contribution in [0.2, 0.25) is 0 Å². The highest BCUT2D eigenvalue weighted by Gasteiger charge is 2.09. The van der Waals surface area contributed by atoms with Gasteiger partial charge in [-0.05, 0) is 20.8 Å². The van der Waals surface area contributed by atoms with E-state index in [9.17, 15) is 4.79 Å². The van der Waals surface area contributed by atoms with Gasteiger partial charge in [-0.25, -0.2) is 4.98 Å². The molecule has 1 rings (SSSR count). The molecular weight excluding hydrogens is 172 g/mol. The summed E-state index contributed by atoms with van der Waals surface area (Å²) in [7, 11) is 0. The fourth-order valence-electron chi connectivity index (χ4n) is 0.782. The summed E-state index contributed by atoms with van der Waals surface area (Å²) in [5.41, 5.74) is 0.897. The number of carbonyl (C=O) groups is 1. The lowest BCUT2D eigenvalue weighted by molar-refractivity contribution is 0.0942. The third-order valence-corrected chi connectivity index (χ3v) is 2.19. The van der Waals surface area contributed by atoms with E-state index in [1.54, 1.807) is 0 Å². The number of hydrogen-bond donors (Lipinski definition) is 1. The van der Waals surface area contributed by atoms with Crippen molar-refractivity contribution in [2.45, 2.75) is 26.8 Å². The molecule has 1 aromatic heterocycles. The van der Waals surface area contributed by atoms with Crippen LogP contribution in [0.3, 0.4) is 0 Å². The second-order valence-corrected chi connectivity index (χ2v) is 3.78. The quantitative estimate of drug-likeness (QED) is 0.758. The van der Waals surface area contributed by atoms with Gasteiger partial charge >= 0.3 is 0 Å². The van der Waals surface area contributed by atoms with Crippen LogP contribution < -0.4 is 5.32 Å². The topological polar surface area (TPSA) is 42.0 Å². The molecule has 0 aliphatic rings. The maximum absolute atomic E-state index is 11.3. The highest BCUT2D eigenvalue weighted by molar-refractivity contribution is 7.11. The van der Waals surface area contributed by atoms with E-state index in [2.05, 4.69) is 10.3 Å². The van der Waals surface area contributed by atoms with Gasteiger partial charge in [-0.2, -0.15) is 0 Å². The van der Waals surface area contributed by atoms with E-state index in [4.69, 9.17) is 0 Å². The average Bonchev–Trinajstić information content (AvgIpc) is 2.34. The van der Waals surface area contributed by atoms with E-state index >= 15 is 0 Å². The number of hydrogen-bond acceptors (Lipinski definition) is 3. The molecule has 0 unspecified atom stereocenters. The Hall–Kier alpha value is -0.900. The van der Waals surface area contributed by atoms with E-state index in [0.717, 1.165) is 5.69 Å². The van der Waals surface area contributed by atoms with Crippen LogP contribution in [0.1, 0.15) is 29.3 Å². The SMILES string of the molecule is Cc1csc(C(=O)NC(C)C)n1. The summed E-state index contributed by atoms with van der Waals surface area (Å²) in [6, 6.07) is 0.168. The lowest BCUT2D eigenvalue weighted by Crippen LogP contribution is -2.29. The van der Waals surface area contributed by atoms with Crippen LogP contribution in [-0.4, -0.2) is 16.9 Å². The van der Waals surface area contributed by atoms with Crippen molar-refractivity contribution in [3.05, 3.63) is 16.1 Å². The summed E-state index contributed by atoms with van der Waals surface area (Å²) in [6.07, 6.45) is 0. The molecule has 0 aromatic carbocycles. The molecule has 0 fully saturated rings. The van der Waals surface area contributed by atoms with Gasteiger partial charge < -0.3 is 5.32 Å². The van der Waals surface area contributed by atoms with Crippen molar-refractivity contribution in [1.29, 1.82) is 0 Å². The van der Waals surface area contributed by atoms with Crippen molar-refractivity contribution < 1.29 is 4.79 Å². The van der Waals surface area contributed by atoms with E-state index in [1.807, 2.05) is 26.2 Å². The maximum Gasteiger partial charge on any atom is 0.280 e. The number of thiazole rings is 1. The van der Waals surface area contributed by atoms with Gasteiger partial charge in [0.05, 0.1) is 0 Å². The zero-order valence-electron chi connectivity index (χ0n) is 7.42. The minimum absolute atomic E-state index is 0.0805. The molecular formula is C8H12N2OS. The Morgan fingerprint density at radius 1 is 1.67 bits per heavy atom. The third kappa shape index (κ3) is 2.30. The minimum Gasteiger partial charge on any atom is -0.348 e. The van der Waals surface area contributed by atoms with Crippen molar-refractivity contribution in [2.24, 2.45) is 0 Å². The Kier molecular flexibility index (Phi) is 2.81. The lowest BCUT2D eigenvalue weighted by atomic mass is 10.4. The lowest BCUT2D eigenvalue weighted by Gasteiger charge is -2.04. The van der Waals surface area contributed by atoms with Crippen molar-refractivity contribution in [1.82, 2.24) is 10.3 Å². The molecule has 0 saturated carbocycles. The molecule has 66 valence electrons. The van der Waals surface area contributed by atoms with Gasteiger partial charge in [-0.15, -0.1) is 11.3 Å². The first-order valence-corrected chi connectivity index (χ1v) is 4.70. The van der Waals surface area contributed by atoms with Crippen molar-refractivity contribution in [2.75, 3.05) is 0 Å². The van der Waals surface area contributed by atoms with Gasteiger partial charge in [0, 0.05) is 17.1 Å². The summed E-state index contributed by atoms with van der Waals surface area (Å²) < 4.78 is 0. The molecule has 1 amide bonds. The van der Waals surface area contributed by atoms with Crippen molar-refractivity contribution in [3.63, 3.8) is 0 Å². The predicted octanol–water partition coefficient (Wildman–Crippen LogP) is 1.59. The van der Waals surface area contributed by atoms with Crippen LogP contribution in [0.4, 0.5) is 0 Å². The third-order valence-electron chi connectivity index (χ3n) is 1.23. The van der Waals surface area contributed by atoms with Gasteiger partial charge in [0.1, 0.15) is 0 Å². The van der Waals surface area contributed by atoms with Crippen molar-refractivity contribution >= 4 is 17.2 Å². The summed E-state index contributed by atoms with van der Waals surface area (Å²) in [5, 5.41) is 5.19. The number of aryl methyl sites for hydroxylation is 1. The second kappa shape index (κ2) is 3.67. The molecule has 1 heterocycles. The Balaban J connectivity index is 2.65. The zero-order valence-corrected chi connectivity index (χ0v) is 8.23. The summed E-state index contributed by atoms with van der Waals surface area (Å²) >= 11 is 1.38. The number of amides is 1. The van der Waals surface area contributed by atoms with Gasteiger partial charge in [-0.1, -0.05) is 0 Å². The Morgan fingerprint density at radius 2 is 2.33 bits per heavy atom. The van der Waals surface area contributed by atoms with Crippen LogP contribution in [0.15, 0.2) is 5.38 Å². The highest BCUT2D eigenvalue weighted by Crippen LogP contribution is 2.08. The molecule has 4 heteroatoms. The number of nitrogens with one attached hydrogen (secondary N) is 1. The van der Waals surface area contributed by atoms with Crippen LogP contribution in [-0.2, 0) is 0 Å². The summed E-state index contributed by atoms with van der Waals surface area (Å²) in [5.74, 6) is -0.0805. The first kappa shape index (κ1) is 9.19. The average molecular weight is 184 g/mol. The van der Waals surface area contributed by atoms with Gasteiger partial charge in [-0.3, -0.25) is 4.79 Å². The molecule has 12 heavy (non-hydrogen) atoms. The second-order valence-electron chi connectivity index (χ2n) is 2.92. The zero-order chi connectivity index (χ0) is 9.14. The smallest absolute Gasteiger partial charge is 0.280 e. The molecule has 0 atom stereocenters. The maximum atomic E-state index is 11.3. The van der Waals surface area contributed by atoms with E-state index < -0.39 is 0 Å². The monoisotopic (exact) mass is 184 g/mol. The molecule has 3 nitrogen and oxygen atoms in total. The number of nitrogens with zero attached hydrogens (tertiary/aromatic N) is 1. The van der Waals surface area contributed by atoms with Crippen LogP contribution in [0.25, 0.3) is 0 Å². The molecule has 1 N–H and O–H groups in total. The van der Waals surface area contributed by atoms with Crippen LogP contribution in [0.5, 0.6) is 0 Å². The summed E-state index contributed by atoms with van der Waals surface area (Å²) in [4.78, 5) is 15.4. The van der Waals surface area contributed by atoms with E-state index in [0.29, 0.717) is 5.01 Å². The Labute approximate surface area is 75.8 Å². The molecule has 0 bridgehead atoms. The number of rotatable bonds is 2. The first-order valence-electron chi connectivity index (χ1n) is 3.82. The van der Waals surface area contributed by atoms with E-state index in [1.165, 1.54) is 11.3 Å². The molecule has 0 spiro atoms. The molecule has 1 aromatic rings. The van der Waals surface area contributed by atoms with Crippen molar-refractivity contribution in [3.8, 4) is 0 Å². The van der Waals surface area contributed by atoms with Crippen LogP contribution >= 0.6 is 11.3 Å². The standard InChI is InChI=1S/C8H12N2OS/c1-5(2)9-7(11)8-10-6(3)4-12-8/h4-5H,1-3H3,(H,9,11).